The average Bonchev–Trinajstić information content (AvgIpc) is 2.48. The van der Waals surface area contributed by atoms with Gasteiger partial charge in [0.15, 0.2) is 5.82 Å². The summed E-state index contributed by atoms with van der Waals surface area (Å²) in [4.78, 5) is 10.0. The Morgan fingerprint density at radius 1 is 1.29 bits per heavy atom. The van der Waals surface area contributed by atoms with Crippen molar-refractivity contribution in [3.05, 3.63) is 69.0 Å². The van der Waals surface area contributed by atoms with E-state index >= 15 is 0 Å². The van der Waals surface area contributed by atoms with Gasteiger partial charge >= 0.3 is 0 Å². The molecule has 0 aliphatic heterocycles. The minimum atomic E-state index is -0.927. The van der Waals surface area contributed by atoms with Gasteiger partial charge in [0.25, 0.3) is 5.69 Å². The third kappa shape index (κ3) is 3.68. The number of aliphatic hydroxyl groups is 1. The molecule has 0 heterocycles. The Bertz CT molecular complexity index is 649. The van der Waals surface area contributed by atoms with Crippen LogP contribution in [0.2, 0.25) is 5.02 Å². The molecule has 2 aromatic rings. The standard InChI is InChI=1S/C14H12ClFN2O3/c15-11-2-1-3-12(14(11)16)17-8-13(19)9-4-6-10(7-5-9)18(20)21/h1-7,13,17,19H,8H2. The Kier molecular flexibility index (Phi) is 4.72. The van der Waals surface area contributed by atoms with E-state index in [-0.39, 0.29) is 22.9 Å². The molecule has 5 nitrogen and oxygen atoms in total. The number of benzene rings is 2. The van der Waals surface area contributed by atoms with Gasteiger partial charge in [-0.25, -0.2) is 4.39 Å². The van der Waals surface area contributed by atoms with Crippen LogP contribution in [0.4, 0.5) is 15.8 Å². The molecule has 0 spiro atoms. The van der Waals surface area contributed by atoms with Crippen molar-refractivity contribution in [2.75, 3.05) is 11.9 Å². The molecule has 0 saturated carbocycles. The number of hydrogen-bond acceptors (Lipinski definition) is 4. The Morgan fingerprint density at radius 2 is 1.95 bits per heavy atom. The smallest absolute Gasteiger partial charge is 0.269 e. The lowest BCUT2D eigenvalue weighted by Crippen LogP contribution is -2.13. The molecule has 2 aromatic carbocycles. The first kappa shape index (κ1) is 15.2. The van der Waals surface area contributed by atoms with Crippen molar-refractivity contribution in [1.29, 1.82) is 0 Å². The largest absolute Gasteiger partial charge is 0.387 e. The minimum absolute atomic E-state index is 0.00942. The lowest BCUT2D eigenvalue weighted by Gasteiger charge is -2.14. The quantitative estimate of drug-likeness (QED) is 0.654. The normalized spacial score (nSPS) is 12.0. The highest BCUT2D eigenvalue weighted by atomic mass is 35.5. The van der Waals surface area contributed by atoms with Crippen molar-refractivity contribution in [3.63, 3.8) is 0 Å². The van der Waals surface area contributed by atoms with Crippen LogP contribution in [0.5, 0.6) is 0 Å². The van der Waals surface area contributed by atoms with Crippen molar-refractivity contribution in [2.45, 2.75) is 6.10 Å². The molecule has 1 unspecified atom stereocenters. The summed E-state index contributed by atoms with van der Waals surface area (Å²) in [5, 5.41) is 23.3. The average molecular weight is 311 g/mol. The lowest BCUT2D eigenvalue weighted by molar-refractivity contribution is -0.384. The van der Waals surface area contributed by atoms with Gasteiger partial charge in [-0.15, -0.1) is 0 Å². The molecule has 110 valence electrons. The topological polar surface area (TPSA) is 75.4 Å². The van der Waals surface area contributed by atoms with Crippen LogP contribution in [-0.2, 0) is 0 Å². The number of nitrogens with one attached hydrogen (secondary N) is 1. The Morgan fingerprint density at radius 3 is 2.57 bits per heavy atom. The fourth-order valence-corrected chi connectivity index (χ4v) is 1.96. The third-order valence-corrected chi connectivity index (χ3v) is 3.22. The number of hydrogen-bond donors (Lipinski definition) is 2. The van der Waals surface area contributed by atoms with Gasteiger partial charge < -0.3 is 10.4 Å². The van der Waals surface area contributed by atoms with Crippen LogP contribution in [0.15, 0.2) is 42.5 Å². The van der Waals surface area contributed by atoms with E-state index in [0.717, 1.165) is 0 Å². The number of nitro groups is 1. The second-order valence-corrected chi connectivity index (χ2v) is 4.75. The number of rotatable bonds is 5. The third-order valence-electron chi connectivity index (χ3n) is 2.93. The molecule has 2 N–H and O–H groups in total. The zero-order valence-electron chi connectivity index (χ0n) is 10.8. The van der Waals surface area contributed by atoms with E-state index in [1.165, 1.54) is 36.4 Å². The molecule has 0 fully saturated rings. The van der Waals surface area contributed by atoms with Gasteiger partial charge in [-0.2, -0.15) is 0 Å². The fraction of sp³-hybridized carbons (Fsp3) is 0.143. The maximum absolute atomic E-state index is 13.6. The summed E-state index contributed by atoms with van der Waals surface area (Å²) < 4.78 is 13.6. The number of aliphatic hydroxyl groups excluding tert-OH is 1. The first-order valence-electron chi connectivity index (χ1n) is 6.09. The van der Waals surface area contributed by atoms with Crippen molar-refractivity contribution < 1.29 is 14.4 Å². The Labute approximate surface area is 125 Å². The zero-order chi connectivity index (χ0) is 15.4. The van der Waals surface area contributed by atoms with E-state index in [0.29, 0.717) is 5.56 Å². The summed E-state index contributed by atoms with van der Waals surface area (Å²) in [5.41, 5.74) is 0.624. The van der Waals surface area contributed by atoms with E-state index in [1.807, 2.05) is 0 Å². The van der Waals surface area contributed by atoms with E-state index in [9.17, 15) is 19.6 Å². The number of nitro benzene ring substituents is 1. The number of non-ortho nitro benzene ring substituents is 1. The molecule has 0 aromatic heterocycles. The predicted octanol–water partition coefficient (Wildman–Crippen LogP) is 3.53. The maximum Gasteiger partial charge on any atom is 0.269 e. The first-order chi connectivity index (χ1) is 9.99. The molecule has 2 rings (SSSR count). The van der Waals surface area contributed by atoms with Gasteiger partial charge in [-0.1, -0.05) is 17.7 Å². The summed E-state index contributed by atoms with van der Waals surface area (Å²) in [6.07, 6.45) is -0.927. The lowest BCUT2D eigenvalue weighted by atomic mass is 10.1. The number of anilines is 1. The second-order valence-electron chi connectivity index (χ2n) is 4.35. The highest BCUT2D eigenvalue weighted by Gasteiger charge is 2.12. The summed E-state index contributed by atoms with van der Waals surface area (Å²) in [6, 6.07) is 10.0. The molecule has 21 heavy (non-hydrogen) atoms. The molecular formula is C14H12ClFN2O3. The van der Waals surface area contributed by atoms with Crippen molar-refractivity contribution in [1.82, 2.24) is 0 Å². The van der Waals surface area contributed by atoms with Crippen molar-refractivity contribution >= 4 is 23.0 Å². The van der Waals surface area contributed by atoms with Gasteiger partial charge in [0, 0.05) is 18.7 Å². The van der Waals surface area contributed by atoms with Crippen LogP contribution in [0.1, 0.15) is 11.7 Å². The monoisotopic (exact) mass is 310 g/mol. The van der Waals surface area contributed by atoms with Crippen LogP contribution in [0, 0.1) is 15.9 Å². The Hall–Kier alpha value is -2.18. The van der Waals surface area contributed by atoms with Gasteiger partial charge in [0.2, 0.25) is 0 Å². The van der Waals surface area contributed by atoms with Crippen LogP contribution < -0.4 is 5.32 Å². The summed E-state index contributed by atoms with van der Waals surface area (Å²) >= 11 is 5.65. The zero-order valence-corrected chi connectivity index (χ0v) is 11.5. The molecule has 0 amide bonds. The van der Waals surface area contributed by atoms with Gasteiger partial charge in [-0.3, -0.25) is 10.1 Å². The minimum Gasteiger partial charge on any atom is -0.387 e. The van der Waals surface area contributed by atoms with Crippen molar-refractivity contribution in [3.8, 4) is 0 Å². The molecule has 7 heteroatoms. The molecular weight excluding hydrogens is 299 g/mol. The van der Waals surface area contributed by atoms with E-state index in [2.05, 4.69) is 5.32 Å². The maximum atomic E-state index is 13.6. The highest BCUT2D eigenvalue weighted by Crippen LogP contribution is 2.23. The summed E-state index contributed by atoms with van der Waals surface area (Å²) in [7, 11) is 0. The van der Waals surface area contributed by atoms with Gasteiger partial charge in [0.1, 0.15) is 0 Å². The van der Waals surface area contributed by atoms with Crippen LogP contribution in [-0.4, -0.2) is 16.6 Å². The fourth-order valence-electron chi connectivity index (χ4n) is 1.78. The molecule has 1 atom stereocenters. The van der Waals surface area contributed by atoms with Crippen LogP contribution in [0.25, 0.3) is 0 Å². The first-order valence-corrected chi connectivity index (χ1v) is 6.47. The second kappa shape index (κ2) is 6.51. The predicted molar refractivity (Wildman–Crippen MR) is 78.0 cm³/mol. The SMILES string of the molecule is O=[N+]([O-])c1ccc(C(O)CNc2cccc(Cl)c2F)cc1. The molecule has 0 saturated heterocycles. The molecule has 0 aliphatic carbocycles. The van der Waals surface area contributed by atoms with Crippen LogP contribution in [0.3, 0.4) is 0 Å². The van der Waals surface area contributed by atoms with Gasteiger partial charge in [0.05, 0.1) is 21.7 Å². The highest BCUT2D eigenvalue weighted by molar-refractivity contribution is 6.31. The Balaban J connectivity index is 2.03. The number of halogens is 2. The van der Waals surface area contributed by atoms with E-state index < -0.39 is 16.8 Å². The number of nitrogens with zero attached hydrogens (tertiary/aromatic N) is 1. The molecule has 0 aliphatic rings. The van der Waals surface area contributed by atoms with Gasteiger partial charge in [-0.05, 0) is 29.8 Å². The van der Waals surface area contributed by atoms with E-state index in [4.69, 9.17) is 11.6 Å². The molecule has 0 bridgehead atoms. The summed E-state index contributed by atoms with van der Waals surface area (Å²) in [6.45, 7) is 0.0507. The summed E-state index contributed by atoms with van der Waals surface area (Å²) in [5.74, 6) is -0.588. The molecule has 0 radical (unpaired) electrons. The van der Waals surface area contributed by atoms with E-state index in [1.54, 1.807) is 6.07 Å². The van der Waals surface area contributed by atoms with Crippen molar-refractivity contribution in [2.24, 2.45) is 0 Å². The van der Waals surface area contributed by atoms with Crippen LogP contribution >= 0.6 is 11.6 Å².